The molecule has 7 heteroatoms. The van der Waals surface area contributed by atoms with Crippen LogP contribution in [0.25, 0.3) is 0 Å². The van der Waals surface area contributed by atoms with Gasteiger partial charge in [-0.25, -0.2) is 4.79 Å². The van der Waals surface area contributed by atoms with Gasteiger partial charge in [0.25, 0.3) is 0 Å². The van der Waals surface area contributed by atoms with Crippen molar-refractivity contribution in [3.05, 3.63) is 12.1 Å². The minimum atomic E-state index is -1.90. The Bertz CT molecular complexity index is 489. The molecule has 27 heavy (non-hydrogen) atoms. The molecule has 0 aromatic heterocycles. The highest BCUT2D eigenvalue weighted by Gasteiger charge is 2.49. The molecule has 1 rings (SSSR count). The SMILES string of the molecule is CCCC[Si](C)(C)OC(CCCCC=CB1OC(C)(C)C(C)(C)O1)C(=O)O. The third-order valence-electron chi connectivity index (χ3n) is 5.52. The number of allylic oxidation sites excluding steroid dienone is 1. The molecule has 0 aromatic carbocycles. The number of aliphatic carboxylic acids is 1. The van der Waals surface area contributed by atoms with Gasteiger partial charge in [0, 0.05) is 0 Å². The van der Waals surface area contributed by atoms with E-state index in [-0.39, 0.29) is 18.3 Å². The number of hydrogen-bond acceptors (Lipinski definition) is 4. The van der Waals surface area contributed by atoms with Crippen LogP contribution in [-0.4, -0.2) is 43.8 Å². The lowest BCUT2D eigenvalue weighted by atomic mass is 9.89. The van der Waals surface area contributed by atoms with Gasteiger partial charge in [-0.3, -0.25) is 0 Å². The molecular formula is C20H39BO5Si. The number of hydrogen-bond donors (Lipinski definition) is 1. The standard InChI is InChI=1S/C20H39BO5Si/c1-8-9-16-27(6,7)24-17(18(22)23)14-12-10-11-13-15-21-25-19(2,3)20(4,5)26-21/h13,15,17H,8-12,14,16H2,1-7H3,(H,22,23). The molecule has 156 valence electrons. The fraction of sp³-hybridized carbons (Fsp3) is 0.850. The summed E-state index contributed by atoms with van der Waals surface area (Å²) in [7, 11) is -2.21. The van der Waals surface area contributed by atoms with Crippen LogP contribution < -0.4 is 0 Å². The van der Waals surface area contributed by atoms with Crippen molar-refractivity contribution in [1.82, 2.24) is 0 Å². The molecule has 1 heterocycles. The molecule has 5 nitrogen and oxygen atoms in total. The van der Waals surface area contributed by atoms with E-state index in [4.69, 9.17) is 13.7 Å². The Hall–Kier alpha value is -0.628. The van der Waals surface area contributed by atoms with E-state index in [0.717, 1.165) is 38.1 Å². The first-order valence-corrected chi connectivity index (χ1v) is 13.4. The van der Waals surface area contributed by atoms with Crippen molar-refractivity contribution in [2.75, 3.05) is 0 Å². The van der Waals surface area contributed by atoms with Gasteiger partial charge in [-0.05, 0) is 72.5 Å². The third kappa shape index (κ3) is 8.10. The summed E-state index contributed by atoms with van der Waals surface area (Å²) in [5, 5.41) is 9.46. The smallest absolute Gasteiger partial charge is 0.479 e. The predicted octanol–water partition coefficient (Wildman–Crippen LogP) is 5.21. The van der Waals surface area contributed by atoms with Gasteiger partial charge in [-0.15, -0.1) is 0 Å². The molecule has 0 aromatic rings. The number of unbranched alkanes of at least 4 members (excludes halogenated alkanes) is 3. The summed E-state index contributed by atoms with van der Waals surface area (Å²) in [6, 6.07) is 1.02. The summed E-state index contributed by atoms with van der Waals surface area (Å²) < 4.78 is 17.9. The van der Waals surface area contributed by atoms with Gasteiger partial charge in [0.05, 0.1) is 11.2 Å². The fourth-order valence-electron chi connectivity index (χ4n) is 3.05. The monoisotopic (exact) mass is 398 g/mol. The van der Waals surface area contributed by atoms with E-state index < -0.39 is 20.4 Å². The van der Waals surface area contributed by atoms with Crippen molar-refractivity contribution in [2.45, 2.75) is 110 Å². The molecule has 0 aliphatic carbocycles. The van der Waals surface area contributed by atoms with Crippen molar-refractivity contribution in [3.63, 3.8) is 0 Å². The van der Waals surface area contributed by atoms with Crippen molar-refractivity contribution in [3.8, 4) is 0 Å². The van der Waals surface area contributed by atoms with E-state index in [0.29, 0.717) is 6.42 Å². The zero-order valence-electron chi connectivity index (χ0n) is 18.3. The van der Waals surface area contributed by atoms with Crippen molar-refractivity contribution >= 4 is 21.4 Å². The molecule has 0 saturated carbocycles. The van der Waals surface area contributed by atoms with Gasteiger partial charge in [0.15, 0.2) is 8.32 Å². The van der Waals surface area contributed by atoms with Crippen molar-refractivity contribution in [2.24, 2.45) is 0 Å². The number of rotatable bonds is 12. The highest BCUT2D eigenvalue weighted by Crippen LogP contribution is 2.36. The van der Waals surface area contributed by atoms with Crippen LogP contribution in [0.4, 0.5) is 0 Å². The number of carboxylic acid groups (broad SMARTS) is 1. The predicted molar refractivity (Wildman–Crippen MR) is 113 cm³/mol. The summed E-state index contributed by atoms with van der Waals surface area (Å²) in [5.41, 5.74) is -0.634. The quantitative estimate of drug-likeness (QED) is 0.361. The highest BCUT2D eigenvalue weighted by atomic mass is 28.4. The fourth-order valence-corrected chi connectivity index (χ4v) is 5.36. The van der Waals surface area contributed by atoms with Gasteiger partial charge in [0.1, 0.15) is 6.10 Å². The molecule has 0 bridgehead atoms. The first-order valence-electron chi connectivity index (χ1n) is 10.3. The normalized spacial score (nSPS) is 20.3. The second-order valence-electron chi connectivity index (χ2n) is 9.15. The summed E-state index contributed by atoms with van der Waals surface area (Å²) in [5.74, 6) is 1.13. The summed E-state index contributed by atoms with van der Waals surface area (Å²) in [4.78, 5) is 11.5. The van der Waals surface area contributed by atoms with Crippen LogP contribution >= 0.6 is 0 Å². The number of carboxylic acids is 1. The van der Waals surface area contributed by atoms with E-state index in [1.165, 1.54) is 0 Å². The Morgan fingerprint density at radius 3 is 2.26 bits per heavy atom. The van der Waals surface area contributed by atoms with E-state index in [1.807, 2.05) is 33.7 Å². The minimum absolute atomic E-state index is 0.310. The third-order valence-corrected chi connectivity index (χ3v) is 8.00. The Morgan fingerprint density at radius 2 is 1.74 bits per heavy atom. The maximum atomic E-state index is 11.5. The molecule has 1 unspecified atom stereocenters. The highest BCUT2D eigenvalue weighted by molar-refractivity contribution is 6.71. The molecular weight excluding hydrogens is 359 g/mol. The van der Waals surface area contributed by atoms with Crippen LogP contribution in [0.3, 0.4) is 0 Å². The Balaban J connectivity index is 2.33. The second-order valence-corrected chi connectivity index (χ2v) is 13.4. The topological polar surface area (TPSA) is 65.0 Å². The first-order chi connectivity index (χ1) is 12.4. The van der Waals surface area contributed by atoms with Gasteiger partial charge in [0.2, 0.25) is 0 Å². The van der Waals surface area contributed by atoms with E-state index in [2.05, 4.69) is 26.1 Å². The average molecular weight is 398 g/mol. The first kappa shape index (κ1) is 24.4. The summed E-state index contributed by atoms with van der Waals surface area (Å²) in [6.07, 6.45) is 6.84. The van der Waals surface area contributed by atoms with Gasteiger partial charge in [-0.2, -0.15) is 0 Å². The lowest BCUT2D eigenvalue weighted by molar-refractivity contribution is -0.145. The Kier molecular flexibility index (Phi) is 9.25. The van der Waals surface area contributed by atoms with Crippen LogP contribution in [0, 0.1) is 0 Å². The maximum Gasteiger partial charge on any atom is 0.486 e. The van der Waals surface area contributed by atoms with Crippen molar-refractivity contribution in [1.29, 1.82) is 0 Å². The van der Waals surface area contributed by atoms with Crippen LogP contribution in [0.5, 0.6) is 0 Å². The molecule has 1 aliphatic rings. The summed E-state index contributed by atoms with van der Waals surface area (Å²) in [6.45, 7) is 14.5. The van der Waals surface area contributed by atoms with Crippen LogP contribution in [0.15, 0.2) is 12.1 Å². The lowest BCUT2D eigenvalue weighted by Gasteiger charge is -2.32. The lowest BCUT2D eigenvalue weighted by Crippen LogP contribution is -2.41. The van der Waals surface area contributed by atoms with Gasteiger partial charge < -0.3 is 18.8 Å². The largest absolute Gasteiger partial charge is 0.486 e. The van der Waals surface area contributed by atoms with Gasteiger partial charge >= 0.3 is 13.1 Å². The second kappa shape index (κ2) is 10.2. The van der Waals surface area contributed by atoms with Crippen LogP contribution in [0.1, 0.15) is 73.1 Å². The van der Waals surface area contributed by atoms with E-state index in [1.54, 1.807) is 0 Å². The van der Waals surface area contributed by atoms with E-state index >= 15 is 0 Å². The van der Waals surface area contributed by atoms with Crippen LogP contribution in [0.2, 0.25) is 19.1 Å². The van der Waals surface area contributed by atoms with E-state index in [9.17, 15) is 9.90 Å². The minimum Gasteiger partial charge on any atom is -0.479 e. The molecule has 0 radical (unpaired) electrons. The zero-order valence-corrected chi connectivity index (χ0v) is 19.3. The molecule has 1 aliphatic heterocycles. The average Bonchev–Trinajstić information content (AvgIpc) is 2.74. The summed E-state index contributed by atoms with van der Waals surface area (Å²) >= 11 is 0. The Labute approximate surface area is 167 Å². The molecule has 0 amide bonds. The zero-order chi connectivity index (χ0) is 20.7. The van der Waals surface area contributed by atoms with Crippen LogP contribution in [-0.2, 0) is 18.5 Å². The maximum absolute atomic E-state index is 11.5. The molecule has 1 N–H and O–H groups in total. The molecule has 0 spiro atoms. The van der Waals surface area contributed by atoms with Gasteiger partial charge in [-0.1, -0.05) is 31.8 Å². The number of carbonyl (C=O) groups is 1. The molecule has 1 fully saturated rings. The molecule has 1 saturated heterocycles. The Morgan fingerprint density at radius 1 is 1.15 bits per heavy atom. The molecule has 1 atom stereocenters. The van der Waals surface area contributed by atoms with Crippen molar-refractivity contribution < 1.29 is 23.6 Å².